The average molecular weight is 302 g/mol. The number of carbonyl (C=O) groups is 1. The highest BCUT2D eigenvalue weighted by molar-refractivity contribution is 5.96. The molecule has 4 nitrogen and oxygen atoms in total. The van der Waals surface area contributed by atoms with Crippen molar-refractivity contribution < 1.29 is 9.53 Å². The molecule has 0 amide bonds. The fraction of sp³-hybridized carbons (Fsp3) is 0.500. The van der Waals surface area contributed by atoms with Gasteiger partial charge in [0.2, 0.25) is 0 Å². The van der Waals surface area contributed by atoms with Crippen molar-refractivity contribution in [2.45, 2.75) is 19.8 Å². The number of hydrogen-bond acceptors (Lipinski definition) is 4. The monoisotopic (exact) mass is 302 g/mol. The fourth-order valence-corrected chi connectivity index (χ4v) is 2.47. The number of Topliss-reactive ketones (excluding diaryl/α,β-unsaturated/α-hetero) is 1. The Bertz CT molecular complexity index is 488. The quantitative estimate of drug-likeness (QED) is 0.621. The summed E-state index contributed by atoms with van der Waals surface area (Å²) in [4.78, 5) is 14.6. The van der Waals surface area contributed by atoms with Crippen molar-refractivity contribution in [1.29, 1.82) is 0 Å². The molecule has 1 saturated heterocycles. The summed E-state index contributed by atoms with van der Waals surface area (Å²) in [6, 6.07) is 7.40. The smallest absolute Gasteiger partial charge is 0.164 e. The molecule has 120 valence electrons. The maximum Gasteiger partial charge on any atom is 0.164 e. The Balaban J connectivity index is 1.80. The zero-order valence-electron chi connectivity index (χ0n) is 13.4. The summed E-state index contributed by atoms with van der Waals surface area (Å²) in [5, 5.41) is 3.38. The molecule has 0 atom stereocenters. The maximum absolute atomic E-state index is 12.3. The highest BCUT2D eigenvalue weighted by Gasteiger charge is 2.12. The van der Waals surface area contributed by atoms with Gasteiger partial charge in [0.15, 0.2) is 5.78 Å². The van der Waals surface area contributed by atoms with Crippen LogP contribution in [0.4, 0.5) is 0 Å². The third-order valence-electron chi connectivity index (χ3n) is 3.75. The van der Waals surface area contributed by atoms with Gasteiger partial charge in [-0.15, -0.1) is 0 Å². The van der Waals surface area contributed by atoms with E-state index in [1.807, 2.05) is 31.2 Å². The zero-order chi connectivity index (χ0) is 15.8. The van der Waals surface area contributed by atoms with Crippen LogP contribution in [0.25, 0.3) is 0 Å². The van der Waals surface area contributed by atoms with Crippen LogP contribution in [0.3, 0.4) is 0 Å². The Morgan fingerprint density at radius 3 is 2.77 bits per heavy atom. The molecule has 1 aliphatic rings. The number of hydrogen-bond donors (Lipinski definition) is 1. The molecular formula is C18H26N2O2. The highest BCUT2D eigenvalue weighted by atomic mass is 16.5. The van der Waals surface area contributed by atoms with Gasteiger partial charge in [0, 0.05) is 31.6 Å². The summed E-state index contributed by atoms with van der Waals surface area (Å²) in [6.45, 7) is 11.3. The molecule has 1 aromatic carbocycles. The van der Waals surface area contributed by atoms with Gasteiger partial charge in [-0.1, -0.05) is 6.58 Å². The first-order chi connectivity index (χ1) is 10.6. The van der Waals surface area contributed by atoms with Gasteiger partial charge < -0.3 is 15.0 Å². The predicted octanol–water partition coefficient (Wildman–Crippen LogP) is 2.51. The molecular weight excluding hydrogens is 276 g/mol. The molecule has 1 N–H and O–H groups in total. The molecule has 1 heterocycles. The van der Waals surface area contributed by atoms with Gasteiger partial charge in [-0.25, -0.2) is 0 Å². The summed E-state index contributed by atoms with van der Waals surface area (Å²) >= 11 is 0. The van der Waals surface area contributed by atoms with Crippen molar-refractivity contribution in [3.8, 4) is 5.75 Å². The molecule has 0 radical (unpaired) electrons. The summed E-state index contributed by atoms with van der Waals surface area (Å²) in [5.41, 5.74) is 1.74. The summed E-state index contributed by atoms with van der Waals surface area (Å²) in [6.07, 6.45) is 1.73. The zero-order valence-corrected chi connectivity index (χ0v) is 13.4. The molecule has 0 aliphatic carbocycles. The van der Waals surface area contributed by atoms with E-state index in [9.17, 15) is 4.79 Å². The molecule has 22 heavy (non-hydrogen) atoms. The standard InChI is InChI=1S/C18H26N2O2/c1-15(2)14-22-17-6-4-16(5-7-17)18(21)8-12-20-11-3-9-19-10-13-20/h4-7,19H,1,3,8-14H2,2H3. The van der Waals surface area contributed by atoms with E-state index in [-0.39, 0.29) is 5.78 Å². The van der Waals surface area contributed by atoms with Crippen LogP contribution in [0, 0.1) is 0 Å². The van der Waals surface area contributed by atoms with Crippen LogP contribution in [-0.2, 0) is 0 Å². The minimum Gasteiger partial charge on any atom is -0.489 e. The van der Waals surface area contributed by atoms with Crippen LogP contribution < -0.4 is 10.1 Å². The summed E-state index contributed by atoms with van der Waals surface area (Å²) in [7, 11) is 0. The van der Waals surface area contributed by atoms with Crippen molar-refractivity contribution in [3.05, 3.63) is 42.0 Å². The number of benzene rings is 1. The van der Waals surface area contributed by atoms with E-state index in [0.29, 0.717) is 13.0 Å². The molecule has 0 unspecified atom stereocenters. The SMILES string of the molecule is C=C(C)COc1ccc(C(=O)CCN2CCCNCC2)cc1. The number of ketones is 1. The van der Waals surface area contributed by atoms with Crippen LogP contribution in [-0.4, -0.2) is 50.0 Å². The van der Waals surface area contributed by atoms with Crippen molar-refractivity contribution in [2.75, 3.05) is 39.3 Å². The third-order valence-corrected chi connectivity index (χ3v) is 3.75. The second kappa shape index (κ2) is 8.71. The van der Waals surface area contributed by atoms with Gasteiger partial charge in [0.25, 0.3) is 0 Å². The van der Waals surface area contributed by atoms with E-state index in [1.165, 1.54) is 0 Å². The average Bonchev–Trinajstić information content (AvgIpc) is 2.80. The Labute approximate surface area is 133 Å². The Morgan fingerprint density at radius 2 is 2.05 bits per heavy atom. The lowest BCUT2D eigenvalue weighted by molar-refractivity contribution is 0.0965. The highest BCUT2D eigenvalue weighted by Crippen LogP contribution is 2.14. The van der Waals surface area contributed by atoms with Crippen molar-refractivity contribution in [3.63, 3.8) is 0 Å². The van der Waals surface area contributed by atoms with Crippen molar-refractivity contribution >= 4 is 5.78 Å². The minimum atomic E-state index is 0.198. The summed E-state index contributed by atoms with van der Waals surface area (Å²) < 4.78 is 5.55. The van der Waals surface area contributed by atoms with Gasteiger partial charge in [0.1, 0.15) is 12.4 Å². The van der Waals surface area contributed by atoms with E-state index >= 15 is 0 Å². The van der Waals surface area contributed by atoms with Crippen LogP contribution >= 0.6 is 0 Å². The molecule has 0 aromatic heterocycles. The normalized spacial score (nSPS) is 16.0. The fourth-order valence-electron chi connectivity index (χ4n) is 2.47. The van der Waals surface area contributed by atoms with E-state index in [1.54, 1.807) is 0 Å². The van der Waals surface area contributed by atoms with Gasteiger partial charge in [0.05, 0.1) is 0 Å². The molecule has 1 fully saturated rings. The first-order valence-electron chi connectivity index (χ1n) is 7.98. The number of rotatable bonds is 7. The van der Waals surface area contributed by atoms with Gasteiger partial charge in [-0.2, -0.15) is 0 Å². The molecule has 4 heteroatoms. The number of nitrogens with zero attached hydrogens (tertiary/aromatic N) is 1. The van der Waals surface area contributed by atoms with Crippen molar-refractivity contribution in [1.82, 2.24) is 10.2 Å². The largest absolute Gasteiger partial charge is 0.489 e. The lowest BCUT2D eigenvalue weighted by Gasteiger charge is -2.18. The molecule has 0 saturated carbocycles. The van der Waals surface area contributed by atoms with Crippen molar-refractivity contribution in [2.24, 2.45) is 0 Å². The molecule has 1 aromatic rings. The van der Waals surface area contributed by atoms with Crippen LogP contribution in [0.2, 0.25) is 0 Å². The minimum absolute atomic E-state index is 0.198. The molecule has 2 rings (SSSR count). The number of carbonyl (C=O) groups excluding carboxylic acids is 1. The van der Waals surface area contributed by atoms with E-state index in [4.69, 9.17) is 4.74 Å². The third kappa shape index (κ3) is 5.62. The first-order valence-corrected chi connectivity index (χ1v) is 7.98. The molecule has 0 bridgehead atoms. The Hall–Kier alpha value is -1.65. The van der Waals surface area contributed by atoms with Crippen LogP contribution in [0.15, 0.2) is 36.4 Å². The Morgan fingerprint density at radius 1 is 1.27 bits per heavy atom. The van der Waals surface area contributed by atoms with Crippen LogP contribution in [0.1, 0.15) is 30.1 Å². The number of ether oxygens (including phenoxy) is 1. The molecule has 0 spiro atoms. The van der Waals surface area contributed by atoms with E-state index < -0.39 is 0 Å². The second-order valence-electron chi connectivity index (χ2n) is 5.89. The summed E-state index contributed by atoms with van der Waals surface area (Å²) in [5.74, 6) is 0.974. The van der Waals surface area contributed by atoms with E-state index in [0.717, 1.165) is 56.0 Å². The first kappa shape index (κ1) is 16.7. The van der Waals surface area contributed by atoms with Gasteiger partial charge in [-0.05, 0) is 56.3 Å². The Kier molecular flexibility index (Phi) is 6.62. The maximum atomic E-state index is 12.3. The molecule has 1 aliphatic heterocycles. The lowest BCUT2D eigenvalue weighted by atomic mass is 10.1. The topological polar surface area (TPSA) is 41.6 Å². The van der Waals surface area contributed by atoms with E-state index in [2.05, 4.69) is 16.8 Å². The van der Waals surface area contributed by atoms with Gasteiger partial charge in [-0.3, -0.25) is 4.79 Å². The number of nitrogens with one attached hydrogen (secondary N) is 1. The van der Waals surface area contributed by atoms with Gasteiger partial charge >= 0.3 is 0 Å². The van der Waals surface area contributed by atoms with Crippen LogP contribution in [0.5, 0.6) is 5.75 Å². The predicted molar refractivity (Wildman–Crippen MR) is 89.6 cm³/mol. The second-order valence-corrected chi connectivity index (χ2v) is 5.89. The lowest BCUT2D eigenvalue weighted by Crippen LogP contribution is -2.30.